The molecule has 0 atom stereocenters. The smallest absolute Gasteiger partial charge is 0.145 e. The van der Waals surface area contributed by atoms with Gasteiger partial charge in [-0.3, -0.25) is 5.41 Å². The van der Waals surface area contributed by atoms with Gasteiger partial charge in [0.05, 0.1) is 22.1 Å². The zero-order chi connectivity index (χ0) is 18.6. The van der Waals surface area contributed by atoms with Gasteiger partial charge in [0.25, 0.3) is 0 Å². The molecule has 0 unspecified atom stereocenters. The van der Waals surface area contributed by atoms with Crippen molar-refractivity contribution in [1.82, 2.24) is 9.97 Å². The summed E-state index contributed by atoms with van der Waals surface area (Å²) in [4.78, 5) is 9.69. The maximum absolute atomic E-state index is 11.0. The first-order chi connectivity index (χ1) is 12.3. The number of amidine groups is 1. The van der Waals surface area contributed by atoms with Gasteiger partial charge >= 0.3 is 0 Å². The Balaban J connectivity index is 1.86. The quantitative estimate of drug-likeness (QED) is 0.628. The molecule has 1 aliphatic rings. The molecule has 1 aliphatic heterocycles. The number of benzene rings is 2. The van der Waals surface area contributed by atoms with Crippen LogP contribution in [0.15, 0.2) is 48.2 Å². The van der Waals surface area contributed by atoms with E-state index in [1.165, 1.54) is 5.56 Å². The first kappa shape index (κ1) is 16.4. The molecule has 1 aromatic heterocycles. The van der Waals surface area contributed by atoms with E-state index in [0.717, 1.165) is 22.3 Å². The zero-order valence-corrected chi connectivity index (χ0v) is 15.4. The summed E-state index contributed by atoms with van der Waals surface area (Å²) in [6.07, 6.45) is 0. The Morgan fingerprint density at radius 3 is 2.54 bits per heavy atom. The minimum Gasteiger partial charge on any atom is -0.509 e. The Kier molecular flexibility index (Phi) is 3.44. The fourth-order valence-corrected chi connectivity index (χ4v) is 3.69. The minimum atomic E-state index is -0.731. The van der Waals surface area contributed by atoms with E-state index in [0.29, 0.717) is 11.4 Å². The molecule has 0 aliphatic carbocycles. The van der Waals surface area contributed by atoms with Crippen LogP contribution in [0.25, 0.3) is 16.6 Å². The van der Waals surface area contributed by atoms with Crippen LogP contribution in [-0.2, 0) is 0 Å². The average Bonchev–Trinajstić information content (AvgIpc) is 3.06. The molecule has 3 N–H and O–H groups in total. The number of para-hydroxylation sites is 2. The highest BCUT2D eigenvalue weighted by molar-refractivity contribution is 6.31. The van der Waals surface area contributed by atoms with Gasteiger partial charge in [-0.05, 0) is 51.5 Å². The fraction of sp³-hybridized carbons (Fsp3) is 0.238. The van der Waals surface area contributed by atoms with Crippen molar-refractivity contribution in [3.8, 4) is 0 Å². The second-order valence-electron chi connectivity index (χ2n) is 7.36. The summed E-state index contributed by atoms with van der Waals surface area (Å²) in [6, 6.07) is 13.8. The number of imidazole rings is 1. The number of aromatic amines is 1. The second kappa shape index (κ2) is 5.46. The minimum absolute atomic E-state index is 0.154. The molecule has 0 spiro atoms. The third-order valence-corrected chi connectivity index (χ3v) is 5.06. The molecule has 4 rings (SSSR count). The fourth-order valence-electron chi connectivity index (χ4n) is 3.69. The highest BCUT2D eigenvalue weighted by Gasteiger charge is 2.46. The largest absolute Gasteiger partial charge is 0.509 e. The number of anilines is 1. The van der Waals surface area contributed by atoms with E-state index in [9.17, 15) is 5.11 Å². The lowest BCUT2D eigenvalue weighted by Crippen LogP contribution is -2.44. The number of aliphatic hydroxyl groups is 1. The Morgan fingerprint density at radius 2 is 1.85 bits per heavy atom. The lowest BCUT2D eigenvalue weighted by atomic mass is 10.00. The number of hydrogen-bond acceptors (Lipinski definition) is 3. The molecule has 5 heteroatoms. The zero-order valence-electron chi connectivity index (χ0n) is 15.4. The molecule has 132 valence electrons. The SMILES string of the molecule is Cc1ccc(N2C(=N)C(c3nc4ccccc4[nH]3)=C(O)C2(C)C)c(C)c1. The standard InChI is InChI=1S/C21H22N4O/c1-12-9-10-16(13(2)11-12)25-19(22)17(18(26)21(25,3)4)20-23-14-7-5-6-8-15(14)24-20/h5-11,22,26H,1-4H3,(H,23,24). The molecule has 26 heavy (non-hydrogen) atoms. The van der Waals surface area contributed by atoms with E-state index in [1.54, 1.807) is 0 Å². The van der Waals surface area contributed by atoms with Gasteiger partial charge in [0, 0.05) is 5.69 Å². The summed E-state index contributed by atoms with van der Waals surface area (Å²) in [7, 11) is 0. The van der Waals surface area contributed by atoms with Crippen LogP contribution >= 0.6 is 0 Å². The summed E-state index contributed by atoms with van der Waals surface area (Å²) in [5.41, 5.74) is 4.59. The lowest BCUT2D eigenvalue weighted by molar-refractivity contribution is 0.333. The van der Waals surface area contributed by atoms with E-state index < -0.39 is 5.54 Å². The van der Waals surface area contributed by atoms with Crippen molar-refractivity contribution < 1.29 is 5.11 Å². The Morgan fingerprint density at radius 1 is 1.12 bits per heavy atom. The Hall–Kier alpha value is -3.08. The maximum atomic E-state index is 11.0. The molecule has 0 bridgehead atoms. The van der Waals surface area contributed by atoms with E-state index in [1.807, 2.05) is 69.0 Å². The van der Waals surface area contributed by atoms with Crippen LogP contribution < -0.4 is 4.90 Å². The van der Waals surface area contributed by atoms with E-state index >= 15 is 0 Å². The summed E-state index contributed by atoms with van der Waals surface area (Å²) in [5.74, 6) is 0.925. The molecule has 3 aromatic rings. The van der Waals surface area contributed by atoms with Crippen molar-refractivity contribution in [2.45, 2.75) is 33.2 Å². The number of H-pyrrole nitrogens is 1. The van der Waals surface area contributed by atoms with E-state index in [-0.39, 0.29) is 11.6 Å². The first-order valence-corrected chi connectivity index (χ1v) is 8.66. The summed E-state index contributed by atoms with van der Waals surface area (Å²) in [5, 5.41) is 19.8. The number of hydrogen-bond donors (Lipinski definition) is 3. The highest BCUT2D eigenvalue weighted by atomic mass is 16.3. The van der Waals surface area contributed by atoms with Crippen LogP contribution in [0.3, 0.4) is 0 Å². The predicted molar refractivity (Wildman–Crippen MR) is 106 cm³/mol. The maximum Gasteiger partial charge on any atom is 0.145 e. The van der Waals surface area contributed by atoms with Crippen molar-refractivity contribution in [3.63, 3.8) is 0 Å². The average molecular weight is 346 g/mol. The van der Waals surface area contributed by atoms with E-state index in [4.69, 9.17) is 5.41 Å². The third-order valence-electron chi connectivity index (χ3n) is 5.06. The van der Waals surface area contributed by atoms with Crippen molar-refractivity contribution in [2.75, 3.05) is 4.90 Å². The molecule has 0 saturated heterocycles. The van der Waals surface area contributed by atoms with Gasteiger partial charge in [0.1, 0.15) is 17.4 Å². The lowest BCUT2D eigenvalue weighted by Gasteiger charge is -2.34. The van der Waals surface area contributed by atoms with Crippen LogP contribution in [-0.4, -0.2) is 26.4 Å². The number of fused-ring (bicyclic) bond motifs is 1. The van der Waals surface area contributed by atoms with Crippen molar-refractivity contribution in [3.05, 3.63) is 65.2 Å². The van der Waals surface area contributed by atoms with Crippen LogP contribution in [0.2, 0.25) is 0 Å². The van der Waals surface area contributed by atoms with Crippen molar-refractivity contribution in [1.29, 1.82) is 5.41 Å². The molecule has 5 nitrogen and oxygen atoms in total. The molecule has 0 radical (unpaired) electrons. The number of aryl methyl sites for hydroxylation is 2. The van der Waals surface area contributed by atoms with Gasteiger partial charge in [-0.1, -0.05) is 29.8 Å². The molecule has 0 saturated carbocycles. The summed E-state index contributed by atoms with van der Waals surface area (Å²) >= 11 is 0. The normalized spacial score (nSPS) is 16.8. The highest BCUT2D eigenvalue weighted by Crippen LogP contribution is 2.42. The van der Waals surface area contributed by atoms with Gasteiger partial charge in [0.2, 0.25) is 0 Å². The molecule has 2 heterocycles. The number of nitrogens with zero attached hydrogens (tertiary/aromatic N) is 2. The number of rotatable bonds is 2. The number of aliphatic hydroxyl groups excluding tert-OH is 1. The van der Waals surface area contributed by atoms with Gasteiger partial charge in [0.15, 0.2) is 0 Å². The monoisotopic (exact) mass is 346 g/mol. The molecule has 2 aromatic carbocycles. The number of nitrogens with one attached hydrogen (secondary N) is 2. The Labute approximate surface area is 152 Å². The van der Waals surface area contributed by atoms with Crippen LogP contribution in [0, 0.1) is 19.3 Å². The number of aromatic nitrogens is 2. The van der Waals surface area contributed by atoms with Gasteiger partial charge in [-0.2, -0.15) is 0 Å². The molecular weight excluding hydrogens is 324 g/mol. The van der Waals surface area contributed by atoms with Crippen LogP contribution in [0.1, 0.15) is 30.8 Å². The van der Waals surface area contributed by atoms with Gasteiger partial charge in [-0.25, -0.2) is 4.98 Å². The Bertz CT molecular complexity index is 1040. The topological polar surface area (TPSA) is 76.0 Å². The second-order valence-corrected chi connectivity index (χ2v) is 7.36. The van der Waals surface area contributed by atoms with Crippen LogP contribution in [0.4, 0.5) is 5.69 Å². The molecule has 0 fully saturated rings. The molecule has 0 amide bonds. The molecular formula is C21H22N4O. The van der Waals surface area contributed by atoms with E-state index in [2.05, 4.69) is 16.0 Å². The first-order valence-electron chi connectivity index (χ1n) is 8.66. The summed E-state index contributed by atoms with van der Waals surface area (Å²) < 4.78 is 0. The summed E-state index contributed by atoms with van der Waals surface area (Å²) in [6.45, 7) is 7.92. The van der Waals surface area contributed by atoms with Crippen molar-refractivity contribution in [2.24, 2.45) is 0 Å². The van der Waals surface area contributed by atoms with Crippen LogP contribution in [0.5, 0.6) is 0 Å². The van der Waals surface area contributed by atoms with Gasteiger partial charge < -0.3 is 15.0 Å². The third kappa shape index (κ3) is 2.24. The van der Waals surface area contributed by atoms with Gasteiger partial charge in [-0.15, -0.1) is 0 Å². The van der Waals surface area contributed by atoms with Crippen molar-refractivity contribution >= 4 is 28.1 Å². The predicted octanol–water partition coefficient (Wildman–Crippen LogP) is 4.72.